The molecule has 0 amide bonds. The monoisotopic (exact) mass is 435 g/mol. The van der Waals surface area contributed by atoms with Crippen molar-refractivity contribution in [3.8, 4) is 0 Å². The molecule has 0 saturated carbocycles. The van der Waals surface area contributed by atoms with Gasteiger partial charge in [-0.3, -0.25) is 14.4 Å². The van der Waals surface area contributed by atoms with E-state index in [0.29, 0.717) is 17.7 Å². The molecule has 0 aliphatic carbocycles. The molecule has 0 radical (unpaired) electrons. The van der Waals surface area contributed by atoms with Gasteiger partial charge in [0.25, 0.3) is 0 Å². The quantitative estimate of drug-likeness (QED) is 0.273. The molecule has 9 heteroatoms. The Hall–Kier alpha value is -3.20. The summed E-state index contributed by atoms with van der Waals surface area (Å²) in [7, 11) is 0. The van der Waals surface area contributed by atoms with Crippen molar-refractivity contribution in [2.75, 3.05) is 24.6 Å². The fourth-order valence-corrected chi connectivity index (χ4v) is 2.72. The lowest BCUT2D eigenvalue weighted by Gasteiger charge is -2.28. The third-order valence-corrected chi connectivity index (χ3v) is 4.40. The lowest BCUT2D eigenvalue weighted by atomic mass is 9.96. The summed E-state index contributed by atoms with van der Waals surface area (Å²) in [4.78, 5) is 47.4. The fourth-order valence-electron chi connectivity index (χ4n) is 2.72. The third kappa shape index (κ3) is 8.59. The summed E-state index contributed by atoms with van der Waals surface area (Å²) in [5.74, 6) is -3.18. The Morgan fingerprint density at radius 2 is 1.52 bits per heavy atom. The van der Waals surface area contributed by atoms with E-state index in [1.54, 1.807) is 27.7 Å². The third-order valence-electron chi connectivity index (χ3n) is 4.40. The minimum absolute atomic E-state index is 0.166. The molecule has 0 spiro atoms. The van der Waals surface area contributed by atoms with E-state index in [1.165, 1.54) is 29.2 Å². The van der Waals surface area contributed by atoms with E-state index in [-0.39, 0.29) is 12.4 Å². The number of esters is 1. The first kappa shape index (κ1) is 25.8. The van der Waals surface area contributed by atoms with Crippen LogP contribution in [0.5, 0.6) is 0 Å². The van der Waals surface area contributed by atoms with Gasteiger partial charge in [0.05, 0.1) is 6.61 Å². The Bertz CT molecular complexity index is 810. The van der Waals surface area contributed by atoms with Crippen LogP contribution >= 0.6 is 0 Å². The molecule has 0 bridgehead atoms. The van der Waals surface area contributed by atoms with Crippen molar-refractivity contribution in [2.24, 2.45) is 0 Å². The maximum absolute atomic E-state index is 12.9. The van der Waals surface area contributed by atoms with Gasteiger partial charge in [-0.2, -0.15) is 0 Å². The van der Waals surface area contributed by atoms with Crippen molar-refractivity contribution in [1.29, 1.82) is 0 Å². The summed E-state index contributed by atoms with van der Waals surface area (Å²) >= 11 is 0. The number of aliphatic carboxylic acids is 2. The van der Waals surface area contributed by atoms with Crippen molar-refractivity contribution >= 4 is 29.4 Å². The van der Waals surface area contributed by atoms with E-state index in [4.69, 9.17) is 19.7 Å². The number of carboxylic acids is 2. The number of carboxylic acid groups (broad SMARTS) is 2. The van der Waals surface area contributed by atoms with Gasteiger partial charge in [0.2, 0.25) is 0 Å². The molecular weight excluding hydrogens is 406 g/mol. The van der Waals surface area contributed by atoms with E-state index in [2.05, 4.69) is 6.58 Å². The summed E-state index contributed by atoms with van der Waals surface area (Å²) < 4.78 is 11.0. The van der Waals surface area contributed by atoms with Crippen LogP contribution < -0.4 is 4.90 Å². The van der Waals surface area contributed by atoms with Crippen LogP contribution in [-0.4, -0.2) is 64.8 Å². The maximum atomic E-state index is 12.9. The molecule has 0 fully saturated rings. The smallest absolute Gasteiger partial charge is 0.330 e. The maximum Gasteiger partial charge on any atom is 0.330 e. The highest BCUT2D eigenvalue weighted by Gasteiger charge is 2.31. The highest BCUT2D eigenvalue weighted by molar-refractivity contribution is 6.02. The topological polar surface area (TPSA) is 130 Å². The molecule has 0 saturated heterocycles. The standard InChI is InChI=1S/C22H29NO8/c1-6-19(28)31-21(2,3)11-12-30-22(4,5)20(29)15-7-9-16(10-8-15)23(13-17(24)25)14-18(26)27/h6-10H,1,11-14H2,2-5H3,(H,24,25)(H,26,27). The number of nitrogens with zero attached hydrogens (tertiary/aromatic N) is 1. The molecule has 1 rings (SSSR count). The van der Waals surface area contributed by atoms with Crippen LogP contribution in [0.4, 0.5) is 5.69 Å². The molecule has 0 unspecified atom stereocenters. The zero-order chi connectivity index (χ0) is 23.8. The minimum Gasteiger partial charge on any atom is -0.480 e. The van der Waals surface area contributed by atoms with E-state index in [1.807, 2.05) is 0 Å². The second-order valence-electron chi connectivity index (χ2n) is 8.01. The molecule has 1 aromatic rings. The molecule has 0 aliphatic rings. The second-order valence-corrected chi connectivity index (χ2v) is 8.01. The van der Waals surface area contributed by atoms with Crippen LogP contribution in [0.15, 0.2) is 36.9 Å². The summed E-state index contributed by atoms with van der Waals surface area (Å²) in [5.41, 5.74) is -1.26. The van der Waals surface area contributed by atoms with E-state index < -0.39 is 42.2 Å². The predicted octanol–water partition coefficient (Wildman–Crippen LogP) is 2.54. The Balaban J connectivity index is 2.82. The van der Waals surface area contributed by atoms with Crippen LogP contribution in [0.1, 0.15) is 44.5 Å². The van der Waals surface area contributed by atoms with Crippen LogP contribution in [0.3, 0.4) is 0 Å². The Morgan fingerprint density at radius 3 is 1.97 bits per heavy atom. The molecule has 9 nitrogen and oxygen atoms in total. The molecule has 0 heterocycles. The Kier molecular flexibility index (Phi) is 8.93. The number of benzene rings is 1. The van der Waals surface area contributed by atoms with Gasteiger partial charge in [0.15, 0.2) is 5.78 Å². The lowest BCUT2D eigenvalue weighted by molar-refractivity contribution is -0.152. The molecule has 31 heavy (non-hydrogen) atoms. The van der Waals surface area contributed by atoms with E-state index in [0.717, 1.165) is 6.08 Å². The minimum atomic E-state index is -1.17. The van der Waals surface area contributed by atoms with Gasteiger partial charge in [-0.1, -0.05) is 6.58 Å². The van der Waals surface area contributed by atoms with Crippen molar-refractivity contribution in [2.45, 2.75) is 45.3 Å². The highest BCUT2D eigenvalue weighted by Crippen LogP contribution is 2.23. The predicted molar refractivity (Wildman–Crippen MR) is 113 cm³/mol. The zero-order valence-corrected chi connectivity index (χ0v) is 18.2. The van der Waals surface area contributed by atoms with Gasteiger partial charge in [-0.05, 0) is 52.0 Å². The van der Waals surface area contributed by atoms with Crippen LogP contribution in [-0.2, 0) is 23.9 Å². The van der Waals surface area contributed by atoms with Crippen molar-refractivity contribution in [3.63, 3.8) is 0 Å². The van der Waals surface area contributed by atoms with Gasteiger partial charge in [-0.15, -0.1) is 0 Å². The number of rotatable bonds is 13. The number of ether oxygens (including phenoxy) is 2. The largest absolute Gasteiger partial charge is 0.480 e. The zero-order valence-electron chi connectivity index (χ0n) is 18.2. The number of anilines is 1. The van der Waals surface area contributed by atoms with E-state index in [9.17, 15) is 19.2 Å². The Labute approximate surface area is 181 Å². The molecule has 2 N–H and O–H groups in total. The number of carbonyl (C=O) groups is 4. The summed E-state index contributed by atoms with van der Waals surface area (Å²) in [6.45, 7) is 9.24. The number of hydrogen-bond donors (Lipinski definition) is 2. The molecule has 1 aromatic carbocycles. The molecule has 0 aliphatic heterocycles. The SMILES string of the molecule is C=CC(=O)OC(C)(C)CCOC(C)(C)C(=O)c1ccc(N(CC(=O)O)CC(=O)O)cc1. The van der Waals surface area contributed by atoms with Crippen molar-refractivity contribution < 1.29 is 38.9 Å². The van der Waals surface area contributed by atoms with Crippen LogP contribution in [0, 0.1) is 0 Å². The highest BCUT2D eigenvalue weighted by atomic mass is 16.6. The fraction of sp³-hybridized carbons (Fsp3) is 0.455. The van der Waals surface area contributed by atoms with Gasteiger partial charge >= 0.3 is 17.9 Å². The average Bonchev–Trinajstić information content (AvgIpc) is 2.65. The van der Waals surface area contributed by atoms with Crippen LogP contribution in [0.25, 0.3) is 0 Å². The molecule has 170 valence electrons. The lowest BCUT2D eigenvalue weighted by Crippen LogP contribution is -2.37. The first-order valence-corrected chi connectivity index (χ1v) is 9.60. The first-order valence-electron chi connectivity index (χ1n) is 9.60. The summed E-state index contributed by atoms with van der Waals surface area (Å²) in [5, 5.41) is 17.9. The van der Waals surface area contributed by atoms with Gasteiger partial charge in [-0.25, -0.2) is 4.79 Å². The Morgan fingerprint density at radius 1 is 1.00 bits per heavy atom. The van der Waals surface area contributed by atoms with E-state index >= 15 is 0 Å². The number of ketones is 1. The van der Waals surface area contributed by atoms with Crippen LogP contribution in [0.2, 0.25) is 0 Å². The summed E-state index contributed by atoms with van der Waals surface area (Å²) in [6, 6.07) is 5.98. The number of hydrogen-bond acceptors (Lipinski definition) is 7. The second kappa shape index (κ2) is 10.7. The van der Waals surface area contributed by atoms with Crippen molar-refractivity contribution in [1.82, 2.24) is 0 Å². The molecular formula is C22H29NO8. The number of Topliss-reactive ketones (excluding diaryl/α,β-unsaturated/α-hetero) is 1. The van der Waals surface area contributed by atoms with Gasteiger partial charge < -0.3 is 24.6 Å². The molecule has 0 aromatic heterocycles. The molecule has 0 atom stereocenters. The average molecular weight is 435 g/mol. The normalized spacial score (nSPS) is 11.5. The van der Waals surface area contributed by atoms with Gasteiger partial charge in [0.1, 0.15) is 24.3 Å². The van der Waals surface area contributed by atoms with Gasteiger partial charge in [0, 0.05) is 23.7 Å². The number of carbonyl (C=O) groups excluding carboxylic acids is 2. The first-order chi connectivity index (χ1) is 14.3. The summed E-state index contributed by atoms with van der Waals surface area (Å²) in [6.07, 6.45) is 1.44. The van der Waals surface area contributed by atoms with Crippen molar-refractivity contribution in [3.05, 3.63) is 42.5 Å².